The highest BCUT2D eigenvalue weighted by molar-refractivity contribution is 6.30. The summed E-state index contributed by atoms with van der Waals surface area (Å²) in [6, 6.07) is 4.05. The second kappa shape index (κ2) is 8.48. The smallest absolute Gasteiger partial charge is 0.125 e. The third kappa shape index (κ3) is 5.45. The highest BCUT2D eigenvalue weighted by atomic mass is 35.5. The fourth-order valence-corrected chi connectivity index (χ4v) is 2.23. The minimum absolute atomic E-state index is 0.0853. The van der Waals surface area contributed by atoms with Crippen molar-refractivity contribution in [1.82, 2.24) is 10.2 Å². The first-order valence-electron chi connectivity index (χ1n) is 6.63. The van der Waals surface area contributed by atoms with Crippen molar-refractivity contribution in [3.63, 3.8) is 0 Å². The highest BCUT2D eigenvalue weighted by Crippen LogP contribution is 2.19. The van der Waals surface area contributed by atoms with Crippen LogP contribution in [-0.4, -0.2) is 42.8 Å². The lowest BCUT2D eigenvalue weighted by molar-refractivity contribution is 0.233. The number of halogens is 2. The summed E-state index contributed by atoms with van der Waals surface area (Å²) in [6.45, 7) is 7.76. The van der Waals surface area contributed by atoms with Crippen LogP contribution >= 0.6 is 11.6 Å². The number of nitrogens with one attached hydrogen (secondary N) is 1. The monoisotopic (exact) mass is 288 g/mol. The average molecular weight is 289 g/mol. The van der Waals surface area contributed by atoms with Crippen molar-refractivity contribution in [3.8, 4) is 0 Å². The Labute approximate surface area is 119 Å². The van der Waals surface area contributed by atoms with Crippen molar-refractivity contribution in [1.29, 1.82) is 0 Å². The minimum Gasteiger partial charge on any atom is -0.394 e. The van der Waals surface area contributed by atoms with E-state index in [1.807, 2.05) is 0 Å². The molecule has 0 bridgehead atoms. The molecule has 0 saturated heterocycles. The number of benzene rings is 1. The lowest BCUT2D eigenvalue weighted by atomic mass is 10.1. The van der Waals surface area contributed by atoms with Crippen LogP contribution in [0.1, 0.15) is 25.5 Å². The maximum absolute atomic E-state index is 13.3. The van der Waals surface area contributed by atoms with Gasteiger partial charge < -0.3 is 15.3 Å². The van der Waals surface area contributed by atoms with Gasteiger partial charge in [-0.2, -0.15) is 0 Å². The molecular formula is C14H22ClFN2O. The molecule has 1 aromatic rings. The van der Waals surface area contributed by atoms with Crippen LogP contribution in [-0.2, 0) is 0 Å². The van der Waals surface area contributed by atoms with E-state index in [2.05, 4.69) is 24.1 Å². The van der Waals surface area contributed by atoms with E-state index in [0.717, 1.165) is 26.2 Å². The Balaban J connectivity index is 2.58. The molecule has 0 heterocycles. The van der Waals surface area contributed by atoms with Crippen molar-refractivity contribution >= 4 is 11.6 Å². The molecular weight excluding hydrogens is 267 g/mol. The lowest BCUT2D eigenvalue weighted by Crippen LogP contribution is -2.34. The Kier molecular flexibility index (Phi) is 7.31. The number of hydrogen-bond acceptors (Lipinski definition) is 3. The van der Waals surface area contributed by atoms with E-state index >= 15 is 0 Å². The molecule has 1 unspecified atom stereocenters. The predicted molar refractivity (Wildman–Crippen MR) is 77.0 cm³/mol. The Morgan fingerprint density at radius 1 is 1.32 bits per heavy atom. The van der Waals surface area contributed by atoms with Crippen molar-refractivity contribution in [2.75, 3.05) is 32.8 Å². The van der Waals surface area contributed by atoms with Gasteiger partial charge in [0.2, 0.25) is 0 Å². The summed E-state index contributed by atoms with van der Waals surface area (Å²) in [6.07, 6.45) is 0. The maximum atomic E-state index is 13.3. The average Bonchev–Trinajstić information content (AvgIpc) is 2.38. The van der Waals surface area contributed by atoms with E-state index in [1.54, 1.807) is 6.07 Å². The number of nitrogens with zero attached hydrogens (tertiary/aromatic N) is 1. The van der Waals surface area contributed by atoms with Crippen molar-refractivity contribution in [2.45, 2.75) is 19.9 Å². The molecule has 108 valence electrons. The second-order valence-corrected chi connectivity index (χ2v) is 4.86. The molecule has 2 N–H and O–H groups in total. The first-order valence-corrected chi connectivity index (χ1v) is 7.01. The summed E-state index contributed by atoms with van der Waals surface area (Å²) >= 11 is 5.82. The fraction of sp³-hybridized carbons (Fsp3) is 0.571. The zero-order chi connectivity index (χ0) is 14.3. The molecule has 0 aliphatic carbocycles. The van der Waals surface area contributed by atoms with Crippen LogP contribution in [0.15, 0.2) is 18.2 Å². The lowest BCUT2D eigenvalue weighted by Gasteiger charge is -2.21. The van der Waals surface area contributed by atoms with Crippen LogP contribution in [0.25, 0.3) is 0 Å². The van der Waals surface area contributed by atoms with Crippen LogP contribution in [0.4, 0.5) is 4.39 Å². The molecule has 5 heteroatoms. The number of hydrogen-bond donors (Lipinski definition) is 2. The largest absolute Gasteiger partial charge is 0.394 e. The van der Waals surface area contributed by atoms with Crippen molar-refractivity contribution in [2.24, 2.45) is 0 Å². The zero-order valence-corrected chi connectivity index (χ0v) is 12.3. The molecule has 0 saturated carbocycles. The van der Waals surface area contributed by atoms with E-state index in [0.29, 0.717) is 10.6 Å². The molecule has 0 aliphatic rings. The summed E-state index contributed by atoms with van der Waals surface area (Å²) in [5.41, 5.74) is 0.673. The standard InChI is InChI=1S/C14H22ClFN2O/c1-3-18(4-2)6-5-17-14(10-19)11-7-12(15)9-13(16)8-11/h7-9,14,17,19H,3-6,10H2,1-2H3. The first-order chi connectivity index (χ1) is 9.10. The van der Waals surface area contributed by atoms with Gasteiger partial charge in [0.05, 0.1) is 12.6 Å². The Morgan fingerprint density at radius 3 is 2.53 bits per heavy atom. The maximum Gasteiger partial charge on any atom is 0.125 e. The number of likely N-dealkylation sites (N-methyl/N-ethyl adjacent to an activating group) is 1. The SMILES string of the molecule is CCN(CC)CCNC(CO)c1cc(F)cc(Cl)c1. The van der Waals surface area contributed by atoms with Gasteiger partial charge >= 0.3 is 0 Å². The van der Waals surface area contributed by atoms with Gasteiger partial charge in [-0.25, -0.2) is 4.39 Å². The summed E-state index contributed by atoms with van der Waals surface area (Å²) in [4.78, 5) is 2.28. The van der Waals surface area contributed by atoms with E-state index in [4.69, 9.17) is 11.6 Å². The van der Waals surface area contributed by atoms with Crippen LogP contribution in [0.2, 0.25) is 5.02 Å². The molecule has 0 amide bonds. The van der Waals surface area contributed by atoms with Crippen molar-refractivity contribution < 1.29 is 9.50 Å². The van der Waals surface area contributed by atoms with Gasteiger partial charge in [-0.1, -0.05) is 25.4 Å². The van der Waals surface area contributed by atoms with Gasteiger partial charge in [0.15, 0.2) is 0 Å². The van der Waals surface area contributed by atoms with E-state index in [1.165, 1.54) is 12.1 Å². The molecule has 19 heavy (non-hydrogen) atoms. The topological polar surface area (TPSA) is 35.5 Å². The summed E-state index contributed by atoms with van der Waals surface area (Å²) in [5.74, 6) is -0.383. The predicted octanol–water partition coefficient (Wildman–Crippen LogP) is 2.44. The Morgan fingerprint density at radius 2 is 2.00 bits per heavy atom. The van der Waals surface area contributed by atoms with Gasteiger partial charge in [-0.3, -0.25) is 0 Å². The molecule has 1 aromatic carbocycles. The fourth-order valence-electron chi connectivity index (χ4n) is 2.00. The quantitative estimate of drug-likeness (QED) is 0.771. The minimum atomic E-state index is -0.383. The highest BCUT2D eigenvalue weighted by Gasteiger charge is 2.12. The summed E-state index contributed by atoms with van der Waals surface area (Å²) < 4.78 is 13.3. The first kappa shape index (κ1) is 16.4. The normalized spacial score (nSPS) is 12.9. The van der Waals surface area contributed by atoms with Gasteiger partial charge in [-0.15, -0.1) is 0 Å². The van der Waals surface area contributed by atoms with Crippen molar-refractivity contribution in [3.05, 3.63) is 34.6 Å². The number of aliphatic hydroxyl groups excluding tert-OH is 1. The summed E-state index contributed by atoms with van der Waals surface area (Å²) in [5, 5.41) is 13.0. The summed E-state index contributed by atoms with van der Waals surface area (Å²) in [7, 11) is 0. The Bertz CT molecular complexity index is 365. The van der Waals surface area contributed by atoms with Crippen LogP contribution in [0.3, 0.4) is 0 Å². The molecule has 0 spiro atoms. The second-order valence-electron chi connectivity index (χ2n) is 4.42. The van der Waals surface area contributed by atoms with Gasteiger partial charge in [0, 0.05) is 18.1 Å². The van der Waals surface area contributed by atoms with Gasteiger partial charge in [0.1, 0.15) is 5.82 Å². The van der Waals surface area contributed by atoms with Gasteiger partial charge in [0.25, 0.3) is 0 Å². The molecule has 0 fully saturated rings. The molecule has 0 aromatic heterocycles. The van der Waals surface area contributed by atoms with E-state index < -0.39 is 0 Å². The van der Waals surface area contributed by atoms with Crippen LogP contribution in [0, 0.1) is 5.82 Å². The zero-order valence-electron chi connectivity index (χ0n) is 11.5. The third-order valence-corrected chi connectivity index (χ3v) is 3.40. The number of rotatable bonds is 8. The number of aliphatic hydroxyl groups is 1. The molecule has 0 aliphatic heterocycles. The molecule has 0 radical (unpaired) electrons. The third-order valence-electron chi connectivity index (χ3n) is 3.18. The van der Waals surface area contributed by atoms with Gasteiger partial charge in [-0.05, 0) is 36.9 Å². The van der Waals surface area contributed by atoms with E-state index in [-0.39, 0.29) is 18.5 Å². The van der Waals surface area contributed by atoms with E-state index in [9.17, 15) is 9.50 Å². The van der Waals surface area contributed by atoms with Crippen LogP contribution < -0.4 is 5.32 Å². The van der Waals surface area contributed by atoms with Crippen LogP contribution in [0.5, 0.6) is 0 Å². The molecule has 1 rings (SSSR count). The Hall–Kier alpha value is -0.680. The molecule has 3 nitrogen and oxygen atoms in total. The molecule has 1 atom stereocenters.